The van der Waals surface area contributed by atoms with Crippen molar-refractivity contribution in [2.75, 3.05) is 5.83 Å². The smallest absolute Gasteiger partial charge is 0.427 e. The largest absolute Gasteiger partial charge is 0.454 e. The summed E-state index contributed by atoms with van der Waals surface area (Å²) in [5.74, 6) is 1.81. The maximum absolute atomic E-state index is 7.61. The van der Waals surface area contributed by atoms with Gasteiger partial charge in [0.25, 0.3) is 0 Å². The Kier molecular flexibility index (Phi) is 19.0. The molecule has 107 valence electrons. The second kappa shape index (κ2) is 12.3. The van der Waals surface area contributed by atoms with Crippen LogP contribution >= 0.6 is 15.9 Å². The van der Waals surface area contributed by atoms with Crippen molar-refractivity contribution in [2.24, 2.45) is 0 Å². The molecule has 0 aliphatic carbocycles. The van der Waals surface area contributed by atoms with Crippen LogP contribution < -0.4 is 0 Å². The van der Waals surface area contributed by atoms with Crippen LogP contribution in [-0.4, -0.2) is 41.3 Å². The minimum atomic E-state index is -1.17. The van der Waals surface area contributed by atoms with Crippen molar-refractivity contribution >= 4 is 30.2 Å². The van der Waals surface area contributed by atoms with Gasteiger partial charge < -0.3 is 19.4 Å². The summed E-state index contributed by atoms with van der Waals surface area (Å²) in [7, 11) is -1.23. The normalized spacial score (nSPS) is 18.0. The third-order valence-electron chi connectivity index (χ3n) is 2.37. The second-order valence-corrected chi connectivity index (χ2v) is 4.46. The first-order valence-corrected chi connectivity index (χ1v) is 6.76. The minimum Gasteiger partial charge on any atom is -0.427 e. The van der Waals surface area contributed by atoms with Crippen LogP contribution in [0.2, 0.25) is 13.6 Å². The zero-order chi connectivity index (χ0) is 13.6. The zero-order valence-electron chi connectivity index (χ0n) is 11.8. The molecule has 1 heterocycles. The quantitative estimate of drug-likeness (QED) is 0.483. The molecule has 0 bridgehead atoms. The van der Waals surface area contributed by atoms with Crippen LogP contribution in [0.4, 0.5) is 0 Å². The Morgan fingerprint density at radius 2 is 1.17 bits per heavy atom. The van der Waals surface area contributed by atoms with Crippen molar-refractivity contribution in [1.82, 2.24) is 0 Å². The molecule has 1 saturated heterocycles. The molecule has 0 spiro atoms. The van der Waals surface area contributed by atoms with E-state index in [2.05, 4.69) is 43.6 Å². The molecule has 1 aliphatic rings. The molecule has 18 heavy (non-hydrogen) atoms. The van der Waals surface area contributed by atoms with E-state index in [-0.39, 0.29) is 58.5 Å². The molecule has 0 unspecified atom stereocenters. The Balaban J connectivity index is -0.000000107. The summed E-state index contributed by atoms with van der Waals surface area (Å²) < 4.78 is 11.1. The number of halogens is 1. The SMILES string of the molecule is C.CB(O)O.CB1OC(C)(C)C(C)(C)O1.CBr.[Y]. The fourth-order valence-electron chi connectivity index (χ4n) is 1.14. The van der Waals surface area contributed by atoms with Crippen LogP contribution in [0, 0.1) is 0 Å². The van der Waals surface area contributed by atoms with Crippen LogP contribution in [0.25, 0.3) is 0 Å². The topological polar surface area (TPSA) is 58.9 Å². The number of rotatable bonds is 0. The molecular weight excluding hydrogens is 375 g/mol. The molecule has 0 amide bonds. The van der Waals surface area contributed by atoms with Crippen molar-refractivity contribution in [1.29, 1.82) is 0 Å². The summed E-state index contributed by atoms with van der Waals surface area (Å²) in [6, 6.07) is 0. The van der Waals surface area contributed by atoms with E-state index in [4.69, 9.17) is 19.4 Å². The van der Waals surface area contributed by atoms with Crippen LogP contribution in [0.1, 0.15) is 35.1 Å². The van der Waals surface area contributed by atoms with E-state index in [0.29, 0.717) is 0 Å². The Morgan fingerprint density at radius 3 is 1.22 bits per heavy atom. The first-order chi connectivity index (χ1) is 7.08. The molecule has 0 aromatic carbocycles. The van der Waals surface area contributed by atoms with Gasteiger partial charge in [0.15, 0.2) is 0 Å². The third-order valence-corrected chi connectivity index (χ3v) is 2.37. The molecule has 1 aliphatic heterocycles. The summed E-state index contributed by atoms with van der Waals surface area (Å²) in [6.07, 6.45) is 0. The molecule has 2 N–H and O–H groups in total. The van der Waals surface area contributed by atoms with Gasteiger partial charge in [-0.2, -0.15) is 0 Å². The van der Waals surface area contributed by atoms with Crippen LogP contribution in [-0.2, 0) is 42.0 Å². The summed E-state index contributed by atoms with van der Waals surface area (Å²) in [4.78, 5) is 0. The molecule has 0 saturated carbocycles. The maximum atomic E-state index is 7.61. The average Bonchev–Trinajstić information content (AvgIpc) is 2.20. The molecule has 0 atom stereocenters. The van der Waals surface area contributed by atoms with Gasteiger partial charge in [0.2, 0.25) is 0 Å². The first-order valence-electron chi connectivity index (χ1n) is 5.18. The Hall–Kier alpha value is 1.55. The minimum absolute atomic E-state index is 0. The van der Waals surface area contributed by atoms with Crippen LogP contribution in [0.15, 0.2) is 0 Å². The molecule has 1 fully saturated rings. The van der Waals surface area contributed by atoms with E-state index in [0.717, 1.165) is 0 Å². The van der Waals surface area contributed by atoms with E-state index in [1.807, 2.05) is 12.7 Å². The Bertz CT molecular complexity index is 176. The summed E-state index contributed by atoms with van der Waals surface area (Å²) in [5, 5.41) is 15.2. The number of hydrogen-bond donors (Lipinski definition) is 2. The van der Waals surface area contributed by atoms with Crippen LogP contribution in [0.5, 0.6) is 0 Å². The summed E-state index contributed by atoms with van der Waals surface area (Å²) in [5.41, 5.74) is -0.321. The molecule has 0 aromatic rings. The maximum Gasteiger partial charge on any atom is 0.454 e. The van der Waals surface area contributed by atoms with Gasteiger partial charge in [0.1, 0.15) is 0 Å². The Labute approximate surface area is 147 Å². The van der Waals surface area contributed by atoms with Gasteiger partial charge in [-0.25, -0.2) is 0 Å². The van der Waals surface area contributed by atoms with Gasteiger partial charge in [-0.3, -0.25) is 0 Å². The Morgan fingerprint density at radius 1 is 1.00 bits per heavy atom. The van der Waals surface area contributed by atoms with E-state index in [1.165, 1.54) is 6.82 Å². The molecular formula is C10H27B2BrO4Y. The van der Waals surface area contributed by atoms with Crippen molar-refractivity contribution in [3.8, 4) is 0 Å². The van der Waals surface area contributed by atoms with E-state index < -0.39 is 7.12 Å². The first kappa shape index (κ1) is 27.8. The fraction of sp³-hybridized carbons (Fsp3) is 1.00. The third kappa shape index (κ3) is 11.4. The van der Waals surface area contributed by atoms with Gasteiger partial charge in [0, 0.05) is 32.7 Å². The van der Waals surface area contributed by atoms with E-state index in [1.54, 1.807) is 0 Å². The fourth-order valence-corrected chi connectivity index (χ4v) is 1.14. The average molecular weight is 402 g/mol. The predicted molar refractivity (Wildman–Crippen MR) is 79.6 cm³/mol. The van der Waals surface area contributed by atoms with E-state index in [9.17, 15) is 0 Å². The van der Waals surface area contributed by atoms with Crippen molar-refractivity contribution in [3.63, 3.8) is 0 Å². The number of alkyl halides is 1. The van der Waals surface area contributed by atoms with Crippen LogP contribution in [0.3, 0.4) is 0 Å². The predicted octanol–water partition coefficient (Wildman–Crippen LogP) is 2.44. The zero-order valence-corrected chi connectivity index (χ0v) is 16.2. The molecule has 4 nitrogen and oxygen atoms in total. The van der Waals surface area contributed by atoms with Gasteiger partial charge in [-0.15, -0.1) is 0 Å². The summed E-state index contributed by atoms with van der Waals surface area (Å²) >= 11 is 2.94. The van der Waals surface area contributed by atoms with E-state index >= 15 is 0 Å². The molecule has 1 rings (SSSR count). The second-order valence-electron chi connectivity index (χ2n) is 4.46. The van der Waals surface area contributed by atoms with Gasteiger partial charge >= 0.3 is 14.2 Å². The van der Waals surface area contributed by atoms with Crippen molar-refractivity contribution < 1.29 is 52.1 Å². The van der Waals surface area contributed by atoms with Crippen molar-refractivity contribution in [2.45, 2.75) is 60.0 Å². The number of hydrogen-bond acceptors (Lipinski definition) is 4. The van der Waals surface area contributed by atoms with Crippen molar-refractivity contribution in [3.05, 3.63) is 0 Å². The van der Waals surface area contributed by atoms with Gasteiger partial charge in [-0.1, -0.05) is 23.4 Å². The molecule has 0 aromatic heterocycles. The standard InChI is InChI=1S/C7H15BO2.CH5BO2.CH3Br.CH4.Y/c1-6(2)7(3,4)10-8(5)9-6;1-2(3)4;1-2;;/h1-5H3;3-4H,1H3;1H3;1H4;. The molecule has 8 heteroatoms. The molecule has 1 radical (unpaired) electrons. The van der Waals surface area contributed by atoms with Gasteiger partial charge in [0.05, 0.1) is 11.2 Å². The summed E-state index contributed by atoms with van der Waals surface area (Å²) in [6.45, 7) is 11.4. The van der Waals surface area contributed by atoms with Gasteiger partial charge in [-0.05, 0) is 47.2 Å². The monoisotopic (exact) mass is 401 g/mol.